The normalized spacial score (nSPS) is 12.5. The summed E-state index contributed by atoms with van der Waals surface area (Å²) in [6.45, 7) is 4.97. The molecular weight excluding hydrogens is 268 g/mol. The number of carbonyl (C=O) groups excluding carboxylic acids is 1. The van der Waals surface area contributed by atoms with Crippen LogP contribution >= 0.6 is 15.9 Å². The highest BCUT2D eigenvalue weighted by Gasteiger charge is 2.10. The summed E-state index contributed by atoms with van der Waals surface area (Å²) in [6, 6.07) is 3.52. The number of aromatic nitrogens is 1. The number of nitrogens with one attached hydrogen (secondary N) is 1. The number of rotatable bonds is 5. The van der Waals surface area contributed by atoms with E-state index >= 15 is 0 Å². The van der Waals surface area contributed by atoms with Gasteiger partial charge in [0.25, 0.3) is 5.91 Å². The average molecular weight is 285 g/mol. The molecule has 1 unspecified atom stereocenters. The summed E-state index contributed by atoms with van der Waals surface area (Å²) in [5.74, 6) is 0.556. The van der Waals surface area contributed by atoms with Crippen molar-refractivity contribution in [3.63, 3.8) is 0 Å². The zero-order chi connectivity index (χ0) is 12.0. The lowest BCUT2D eigenvalue weighted by atomic mass is 10.1. The smallest absolute Gasteiger partial charge is 0.252 e. The van der Waals surface area contributed by atoms with Crippen molar-refractivity contribution in [3.8, 4) is 0 Å². The van der Waals surface area contributed by atoms with E-state index in [1.807, 2.05) is 0 Å². The predicted molar refractivity (Wildman–Crippen MR) is 68.7 cm³/mol. The molecule has 88 valence electrons. The first-order valence-electron chi connectivity index (χ1n) is 5.42. The van der Waals surface area contributed by atoms with Crippen LogP contribution in [-0.4, -0.2) is 22.3 Å². The topological polar surface area (TPSA) is 42.0 Å². The van der Waals surface area contributed by atoms with Gasteiger partial charge in [-0.1, -0.05) is 29.8 Å². The molecule has 1 aromatic rings. The molecule has 1 N–H and O–H groups in total. The molecular formula is C12H17BrN2O. The van der Waals surface area contributed by atoms with E-state index in [1.54, 1.807) is 24.5 Å². The molecule has 0 aliphatic heterocycles. The number of pyridine rings is 1. The van der Waals surface area contributed by atoms with E-state index < -0.39 is 0 Å². The molecule has 0 aliphatic rings. The second-order valence-corrected chi connectivity index (χ2v) is 5.47. The van der Waals surface area contributed by atoms with Crippen molar-refractivity contribution in [2.45, 2.75) is 25.1 Å². The van der Waals surface area contributed by atoms with Crippen LogP contribution in [0.15, 0.2) is 24.5 Å². The molecule has 0 spiro atoms. The highest BCUT2D eigenvalue weighted by molar-refractivity contribution is 9.09. The third-order valence-electron chi connectivity index (χ3n) is 2.13. The predicted octanol–water partition coefficient (Wildman–Crippen LogP) is 2.62. The van der Waals surface area contributed by atoms with Crippen LogP contribution in [0.1, 0.15) is 30.6 Å². The maximum absolute atomic E-state index is 11.7. The average Bonchev–Trinajstić information content (AvgIpc) is 2.26. The van der Waals surface area contributed by atoms with Crippen LogP contribution in [0.3, 0.4) is 0 Å². The van der Waals surface area contributed by atoms with Gasteiger partial charge >= 0.3 is 0 Å². The molecule has 1 rings (SSSR count). The van der Waals surface area contributed by atoms with Gasteiger partial charge in [0.15, 0.2) is 0 Å². The largest absolute Gasteiger partial charge is 0.351 e. The molecule has 1 amide bonds. The van der Waals surface area contributed by atoms with Gasteiger partial charge in [-0.15, -0.1) is 0 Å². The Kier molecular flexibility index (Phi) is 5.46. The van der Waals surface area contributed by atoms with Crippen molar-refractivity contribution in [2.75, 3.05) is 6.54 Å². The fraction of sp³-hybridized carbons (Fsp3) is 0.500. The van der Waals surface area contributed by atoms with Crippen LogP contribution < -0.4 is 5.32 Å². The number of carbonyl (C=O) groups is 1. The van der Waals surface area contributed by atoms with Gasteiger partial charge in [-0.25, -0.2) is 0 Å². The van der Waals surface area contributed by atoms with Crippen molar-refractivity contribution in [1.29, 1.82) is 0 Å². The van der Waals surface area contributed by atoms with Crippen molar-refractivity contribution in [1.82, 2.24) is 10.3 Å². The number of hydrogen-bond acceptors (Lipinski definition) is 2. The monoisotopic (exact) mass is 284 g/mol. The SMILES string of the molecule is CC(C)CC(Br)CNC(=O)c1cccnc1. The second-order valence-electron chi connectivity index (χ2n) is 4.18. The molecule has 4 heteroatoms. The minimum absolute atomic E-state index is 0.0682. The van der Waals surface area contributed by atoms with Crippen LogP contribution in [0.2, 0.25) is 0 Å². The summed E-state index contributed by atoms with van der Waals surface area (Å²) in [5, 5.41) is 2.88. The molecule has 0 aliphatic carbocycles. The molecule has 1 atom stereocenters. The van der Waals surface area contributed by atoms with Crippen molar-refractivity contribution in [3.05, 3.63) is 30.1 Å². The van der Waals surface area contributed by atoms with Gasteiger partial charge in [0.1, 0.15) is 0 Å². The molecule has 0 fully saturated rings. The number of nitrogens with zero attached hydrogens (tertiary/aromatic N) is 1. The van der Waals surface area contributed by atoms with Crippen molar-refractivity contribution < 1.29 is 4.79 Å². The molecule has 0 aromatic carbocycles. The van der Waals surface area contributed by atoms with E-state index in [-0.39, 0.29) is 5.91 Å². The van der Waals surface area contributed by atoms with E-state index in [0.717, 1.165) is 6.42 Å². The summed E-state index contributed by atoms with van der Waals surface area (Å²) < 4.78 is 0. The van der Waals surface area contributed by atoms with Gasteiger partial charge in [0, 0.05) is 23.8 Å². The van der Waals surface area contributed by atoms with E-state index in [9.17, 15) is 4.79 Å². The van der Waals surface area contributed by atoms with Gasteiger partial charge in [0.05, 0.1) is 5.56 Å². The number of alkyl halides is 1. The standard InChI is InChI=1S/C12H17BrN2O/c1-9(2)6-11(13)8-15-12(16)10-4-3-5-14-7-10/h3-5,7,9,11H,6,8H2,1-2H3,(H,15,16). The Morgan fingerprint density at radius 2 is 2.31 bits per heavy atom. The lowest BCUT2D eigenvalue weighted by molar-refractivity contribution is 0.0953. The number of amides is 1. The lowest BCUT2D eigenvalue weighted by Crippen LogP contribution is -2.30. The number of halogens is 1. The first kappa shape index (κ1) is 13.2. The maximum atomic E-state index is 11.7. The molecule has 0 saturated heterocycles. The van der Waals surface area contributed by atoms with Crippen LogP contribution in [0.5, 0.6) is 0 Å². The van der Waals surface area contributed by atoms with Gasteiger partial charge < -0.3 is 5.32 Å². The quantitative estimate of drug-likeness (QED) is 0.845. The highest BCUT2D eigenvalue weighted by Crippen LogP contribution is 2.11. The summed E-state index contributed by atoms with van der Waals surface area (Å²) in [7, 11) is 0. The fourth-order valence-electron chi connectivity index (χ4n) is 1.40. The van der Waals surface area contributed by atoms with Crippen molar-refractivity contribution >= 4 is 21.8 Å². The Hall–Kier alpha value is -0.900. The molecule has 1 aromatic heterocycles. The molecule has 1 heterocycles. The van der Waals surface area contributed by atoms with E-state index in [0.29, 0.717) is 22.9 Å². The van der Waals surface area contributed by atoms with E-state index in [1.165, 1.54) is 0 Å². The summed E-state index contributed by atoms with van der Waals surface area (Å²) in [6.07, 6.45) is 4.27. The minimum atomic E-state index is -0.0682. The second kappa shape index (κ2) is 6.63. The molecule has 0 saturated carbocycles. The first-order chi connectivity index (χ1) is 7.59. The zero-order valence-corrected chi connectivity index (χ0v) is 11.2. The van der Waals surface area contributed by atoms with E-state index in [4.69, 9.17) is 0 Å². The minimum Gasteiger partial charge on any atom is -0.351 e. The zero-order valence-electron chi connectivity index (χ0n) is 9.61. The highest BCUT2D eigenvalue weighted by atomic mass is 79.9. The summed E-state index contributed by atoms with van der Waals surface area (Å²) >= 11 is 3.55. The molecule has 0 radical (unpaired) electrons. The maximum Gasteiger partial charge on any atom is 0.252 e. The van der Waals surface area contributed by atoms with Gasteiger partial charge in [0.2, 0.25) is 0 Å². The van der Waals surface area contributed by atoms with Crippen LogP contribution in [0.4, 0.5) is 0 Å². The molecule has 16 heavy (non-hydrogen) atoms. The van der Waals surface area contributed by atoms with Crippen LogP contribution in [0, 0.1) is 5.92 Å². The number of hydrogen-bond donors (Lipinski definition) is 1. The third-order valence-corrected chi connectivity index (χ3v) is 2.83. The van der Waals surface area contributed by atoms with Crippen molar-refractivity contribution in [2.24, 2.45) is 5.92 Å². The third kappa shape index (κ3) is 4.75. The fourth-order valence-corrected chi connectivity index (χ4v) is 2.31. The van der Waals surface area contributed by atoms with Crippen LogP contribution in [-0.2, 0) is 0 Å². The van der Waals surface area contributed by atoms with Gasteiger partial charge in [-0.05, 0) is 24.5 Å². The Bertz CT molecular complexity index is 327. The Labute approximate surface area is 105 Å². The van der Waals surface area contributed by atoms with Crippen LogP contribution in [0.25, 0.3) is 0 Å². The lowest BCUT2D eigenvalue weighted by Gasteiger charge is -2.13. The Morgan fingerprint density at radius 1 is 1.56 bits per heavy atom. The van der Waals surface area contributed by atoms with E-state index in [2.05, 4.69) is 40.1 Å². The summed E-state index contributed by atoms with van der Waals surface area (Å²) in [4.78, 5) is 15.9. The van der Waals surface area contributed by atoms with Gasteiger partial charge in [-0.2, -0.15) is 0 Å². The molecule has 3 nitrogen and oxygen atoms in total. The Morgan fingerprint density at radius 3 is 2.88 bits per heavy atom. The Balaban J connectivity index is 2.36. The molecule has 0 bridgehead atoms. The summed E-state index contributed by atoms with van der Waals surface area (Å²) in [5.41, 5.74) is 0.603. The first-order valence-corrected chi connectivity index (χ1v) is 6.33. The van der Waals surface area contributed by atoms with Gasteiger partial charge in [-0.3, -0.25) is 9.78 Å².